The van der Waals surface area contributed by atoms with Crippen LogP contribution in [0.1, 0.15) is 50.9 Å². The van der Waals surface area contributed by atoms with Crippen molar-refractivity contribution in [3.63, 3.8) is 0 Å². The molecular formula is C17H28N2O3S. The van der Waals surface area contributed by atoms with Gasteiger partial charge in [-0.25, -0.2) is 13.1 Å². The summed E-state index contributed by atoms with van der Waals surface area (Å²) >= 11 is 0. The van der Waals surface area contributed by atoms with Crippen LogP contribution in [0.15, 0.2) is 29.2 Å². The number of benzene rings is 1. The van der Waals surface area contributed by atoms with Crippen LogP contribution in [0.25, 0.3) is 0 Å². The van der Waals surface area contributed by atoms with E-state index in [0.717, 1.165) is 32.5 Å². The van der Waals surface area contributed by atoms with E-state index in [2.05, 4.69) is 23.5 Å². The Balaban J connectivity index is 2.64. The molecule has 0 aliphatic rings. The zero-order chi connectivity index (χ0) is 17.5. The molecule has 0 bridgehead atoms. The highest BCUT2D eigenvalue weighted by molar-refractivity contribution is 7.89. The molecule has 0 saturated heterocycles. The number of ketones is 1. The topological polar surface area (TPSA) is 66.5 Å². The molecule has 1 N–H and O–H groups in total. The van der Waals surface area contributed by atoms with E-state index in [0.29, 0.717) is 5.56 Å². The van der Waals surface area contributed by atoms with Gasteiger partial charge in [0.05, 0.1) is 4.90 Å². The van der Waals surface area contributed by atoms with Gasteiger partial charge in [-0.05, 0) is 58.5 Å². The monoisotopic (exact) mass is 340 g/mol. The predicted molar refractivity (Wildman–Crippen MR) is 93.3 cm³/mol. The van der Waals surface area contributed by atoms with Gasteiger partial charge < -0.3 is 4.90 Å². The maximum atomic E-state index is 12.4. The average molecular weight is 340 g/mol. The second-order valence-electron chi connectivity index (χ2n) is 5.78. The molecule has 0 unspecified atom stereocenters. The van der Waals surface area contributed by atoms with E-state index in [-0.39, 0.29) is 16.7 Å². The molecule has 5 nitrogen and oxygen atoms in total. The van der Waals surface area contributed by atoms with E-state index in [4.69, 9.17) is 0 Å². The number of carbonyl (C=O) groups excluding carboxylic acids is 1. The van der Waals surface area contributed by atoms with Crippen LogP contribution in [0.5, 0.6) is 0 Å². The highest BCUT2D eigenvalue weighted by Crippen LogP contribution is 2.13. The van der Waals surface area contributed by atoms with Gasteiger partial charge in [0.1, 0.15) is 0 Å². The van der Waals surface area contributed by atoms with Gasteiger partial charge in [0.2, 0.25) is 10.0 Å². The van der Waals surface area contributed by atoms with Crippen LogP contribution in [0.3, 0.4) is 0 Å². The highest BCUT2D eigenvalue weighted by Gasteiger charge is 2.18. The van der Waals surface area contributed by atoms with Gasteiger partial charge in [-0.15, -0.1) is 0 Å². The third-order valence-electron chi connectivity index (χ3n) is 3.91. The first-order valence-corrected chi connectivity index (χ1v) is 9.64. The number of hydrogen-bond donors (Lipinski definition) is 1. The SMILES string of the molecule is CCN(CC)CCC[C@H](C)NS(=O)(=O)c1cccc(C(C)=O)c1. The molecule has 0 aromatic heterocycles. The number of sulfonamides is 1. The van der Waals surface area contributed by atoms with Crippen molar-refractivity contribution in [2.75, 3.05) is 19.6 Å². The number of carbonyl (C=O) groups is 1. The third kappa shape index (κ3) is 6.41. The van der Waals surface area contributed by atoms with Crippen molar-refractivity contribution >= 4 is 15.8 Å². The van der Waals surface area contributed by atoms with E-state index in [1.807, 2.05) is 6.92 Å². The highest BCUT2D eigenvalue weighted by atomic mass is 32.2. The maximum absolute atomic E-state index is 12.4. The summed E-state index contributed by atoms with van der Waals surface area (Å²) < 4.78 is 27.5. The quantitative estimate of drug-likeness (QED) is 0.665. The minimum atomic E-state index is -3.59. The summed E-state index contributed by atoms with van der Waals surface area (Å²) in [6.45, 7) is 10.5. The summed E-state index contributed by atoms with van der Waals surface area (Å²) in [7, 11) is -3.59. The van der Waals surface area contributed by atoms with Gasteiger partial charge in [-0.2, -0.15) is 0 Å². The Morgan fingerprint density at radius 3 is 2.48 bits per heavy atom. The van der Waals surface area contributed by atoms with E-state index >= 15 is 0 Å². The second kappa shape index (κ2) is 9.15. The molecule has 0 radical (unpaired) electrons. The second-order valence-corrected chi connectivity index (χ2v) is 7.49. The standard InChI is InChI=1S/C17H28N2O3S/c1-5-19(6-2)12-8-9-14(3)18-23(21,22)17-11-7-10-16(13-17)15(4)20/h7,10-11,13-14,18H,5-6,8-9,12H2,1-4H3/t14-/m0/s1. The van der Waals surface area contributed by atoms with Crippen molar-refractivity contribution in [2.45, 2.75) is 51.5 Å². The van der Waals surface area contributed by atoms with E-state index in [1.54, 1.807) is 12.1 Å². The molecule has 1 rings (SSSR count). The number of nitrogens with zero attached hydrogens (tertiary/aromatic N) is 1. The molecule has 0 aliphatic carbocycles. The molecule has 23 heavy (non-hydrogen) atoms. The van der Waals surface area contributed by atoms with Crippen LogP contribution < -0.4 is 4.72 Å². The Bertz CT molecular complexity index is 610. The van der Waals surface area contributed by atoms with E-state index < -0.39 is 10.0 Å². The number of hydrogen-bond acceptors (Lipinski definition) is 4. The molecule has 0 amide bonds. The van der Waals surface area contributed by atoms with Crippen molar-refractivity contribution in [3.8, 4) is 0 Å². The van der Waals surface area contributed by atoms with Crippen molar-refractivity contribution in [1.82, 2.24) is 9.62 Å². The number of Topliss-reactive ketones (excluding diaryl/α,β-unsaturated/α-hetero) is 1. The summed E-state index contributed by atoms with van der Waals surface area (Å²) in [5.74, 6) is -0.144. The van der Waals surface area contributed by atoms with Crippen LogP contribution in [0.4, 0.5) is 0 Å². The van der Waals surface area contributed by atoms with Crippen LogP contribution in [0, 0.1) is 0 Å². The van der Waals surface area contributed by atoms with Crippen LogP contribution in [-0.4, -0.2) is 44.8 Å². The van der Waals surface area contributed by atoms with Gasteiger partial charge in [0.15, 0.2) is 5.78 Å². The number of rotatable bonds is 10. The Morgan fingerprint density at radius 2 is 1.91 bits per heavy atom. The molecule has 1 aromatic carbocycles. The zero-order valence-corrected chi connectivity index (χ0v) is 15.3. The van der Waals surface area contributed by atoms with Crippen LogP contribution in [-0.2, 0) is 10.0 Å². The smallest absolute Gasteiger partial charge is 0.240 e. The third-order valence-corrected chi connectivity index (χ3v) is 5.50. The molecular weight excluding hydrogens is 312 g/mol. The molecule has 130 valence electrons. The number of nitrogens with one attached hydrogen (secondary N) is 1. The molecule has 0 spiro atoms. The lowest BCUT2D eigenvalue weighted by Gasteiger charge is -2.19. The average Bonchev–Trinajstić information content (AvgIpc) is 2.51. The van der Waals surface area contributed by atoms with Gasteiger partial charge in [-0.3, -0.25) is 4.79 Å². The van der Waals surface area contributed by atoms with Crippen molar-refractivity contribution < 1.29 is 13.2 Å². The Hall–Kier alpha value is -1.24. The van der Waals surface area contributed by atoms with Gasteiger partial charge >= 0.3 is 0 Å². The van der Waals surface area contributed by atoms with Crippen LogP contribution >= 0.6 is 0 Å². The fraction of sp³-hybridized carbons (Fsp3) is 0.588. The molecule has 1 atom stereocenters. The summed E-state index contributed by atoms with van der Waals surface area (Å²) in [5.41, 5.74) is 0.405. The maximum Gasteiger partial charge on any atom is 0.240 e. The fourth-order valence-electron chi connectivity index (χ4n) is 2.43. The Morgan fingerprint density at radius 1 is 1.26 bits per heavy atom. The van der Waals surface area contributed by atoms with Crippen molar-refractivity contribution in [3.05, 3.63) is 29.8 Å². The summed E-state index contributed by atoms with van der Waals surface area (Å²) in [6.07, 6.45) is 1.72. The van der Waals surface area contributed by atoms with Crippen molar-refractivity contribution in [2.24, 2.45) is 0 Å². The molecule has 0 saturated carbocycles. The van der Waals surface area contributed by atoms with Gasteiger partial charge in [-0.1, -0.05) is 26.0 Å². The lowest BCUT2D eigenvalue weighted by atomic mass is 10.2. The minimum Gasteiger partial charge on any atom is -0.304 e. The van der Waals surface area contributed by atoms with E-state index in [1.165, 1.54) is 19.1 Å². The first-order valence-electron chi connectivity index (χ1n) is 8.15. The van der Waals surface area contributed by atoms with Crippen LogP contribution in [0.2, 0.25) is 0 Å². The van der Waals surface area contributed by atoms with E-state index in [9.17, 15) is 13.2 Å². The predicted octanol–water partition coefficient (Wildman–Crippen LogP) is 2.68. The molecule has 0 heterocycles. The Kier molecular flexibility index (Phi) is 7.88. The summed E-state index contributed by atoms with van der Waals surface area (Å²) in [5, 5.41) is 0. The Labute approximate surface area is 140 Å². The fourth-order valence-corrected chi connectivity index (χ4v) is 3.76. The first-order chi connectivity index (χ1) is 10.8. The largest absolute Gasteiger partial charge is 0.304 e. The normalized spacial score (nSPS) is 13.3. The zero-order valence-electron chi connectivity index (χ0n) is 14.5. The molecule has 6 heteroatoms. The summed E-state index contributed by atoms with van der Waals surface area (Å²) in [4.78, 5) is 13.8. The lowest BCUT2D eigenvalue weighted by molar-refractivity contribution is 0.101. The molecule has 1 aromatic rings. The molecule has 0 fully saturated rings. The van der Waals surface area contributed by atoms with Gasteiger partial charge in [0.25, 0.3) is 0 Å². The summed E-state index contributed by atoms with van der Waals surface area (Å²) in [6, 6.07) is 6.01. The minimum absolute atomic E-state index is 0.140. The first kappa shape index (κ1) is 19.8. The molecule has 0 aliphatic heterocycles. The van der Waals surface area contributed by atoms with Gasteiger partial charge in [0, 0.05) is 11.6 Å². The lowest BCUT2D eigenvalue weighted by Crippen LogP contribution is -2.33. The van der Waals surface area contributed by atoms with Crippen molar-refractivity contribution in [1.29, 1.82) is 0 Å².